The number of hydrogen-bond acceptors (Lipinski definition) is 10. The molecule has 12 heteroatoms. The van der Waals surface area contributed by atoms with E-state index < -0.39 is 10.8 Å². The maximum atomic E-state index is 11.9. The second-order valence-electron chi connectivity index (χ2n) is 6.33. The van der Waals surface area contributed by atoms with Gasteiger partial charge in [0.15, 0.2) is 6.61 Å². The highest BCUT2D eigenvalue weighted by Crippen LogP contribution is 2.21. The predicted molar refractivity (Wildman–Crippen MR) is 106 cm³/mol. The number of nitrogens with one attached hydrogen (secondary N) is 1. The molecule has 2 aromatic rings. The number of rotatable bonds is 7. The van der Waals surface area contributed by atoms with E-state index in [9.17, 15) is 20.0 Å². The first kappa shape index (κ1) is 20.9. The number of nitro groups is 1. The zero-order chi connectivity index (χ0) is 21.5. The van der Waals surface area contributed by atoms with Crippen molar-refractivity contribution in [3.8, 4) is 11.6 Å². The number of carbonyl (C=O) groups excluding carboxylic acids is 1. The summed E-state index contributed by atoms with van der Waals surface area (Å²) < 4.78 is 10.7. The number of nitro benzene ring substituents is 1. The zero-order valence-corrected chi connectivity index (χ0v) is 16.1. The van der Waals surface area contributed by atoms with Crippen molar-refractivity contribution in [2.45, 2.75) is 6.92 Å². The van der Waals surface area contributed by atoms with Crippen LogP contribution in [0.4, 0.5) is 11.6 Å². The van der Waals surface area contributed by atoms with Gasteiger partial charge in [-0.15, -0.1) is 0 Å². The largest absolute Gasteiger partial charge is 0.507 e. The van der Waals surface area contributed by atoms with E-state index in [2.05, 4.69) is 20.5 Å². The first-order valence-electron chi connectivity index (χ1n) is 9.03. The number of hydrazone groups is 1. The molecule has 0 saturated carbocycles. The highest BCUT2D eigenvalue weighted by atomic mass is 16.6. The normalized spacial score (nSPS) is 14.0. The van der Waals surface area contributed by atoms with Crippen molar-refractivity contribution in [2.75, 3.05) is 37.8 Å². The molecule has 0 unspecified atom stereocenters. The minimum Gasteiger partial charge on any atom is -0.507 e. The minimum absolute atomic E-state index is 0.0898. The Morgan fingerprint density at radius 3 is 2.90 bits per heavy atom. The van der Waals surface area contributed by atoms with Crippen LogP contribution >= 0.6 is 0 Å². The predicted octanol–water partition coefficient (Wildman–Crippen LogP) is 0.765. The topological polar surface area (TPSA) is 152 Å². The molecular weight excluding hydrogens is 396 g/mol. The molecule has 1 saturated heterocycles. The third-order valence-electron chi connectivity index (χ3n) is 4.08. The van der Waals surface area contributed by atoms with Gasteiger partial charge >= 0.3 is 0 Å². The van der Waals surface area contributed by atoms with Crippen molar-refractivity contribution < 1.29 is 24.3 Å². The monoisotopic (exact) mass is 416 g/mol. The maximum Gasteiger partial charge on any atom is 0.278 e. The van der Waals surface area contributed by atoms with Crippen LogP contribution in [0.1, 0.15) is 11.3 Å². The number of phenols is 1. The summed E-state index contributed by atoms with van der Waals surface area (Å²) >= 11 is 0. The summed E-state index contributed by atoms with van der Waals surface area (Å²) in [5.74, 6) is -0.0189. The Kier molecular flexibility index (Phi) is 6.70. The highest BCUT2D eigenvalue weighted by molar-refractivity contribution is 5.86. The summed E-state index contributed by atoms with van der Waals surface area (Å²) in [5.41, 5.74) is 2.80. The quantitative estimate of drug-likeness (QED) is 0.378. The van der Waals surface area contributed by atoms with Crippen molar-refractivity contribution in [3.05, 3.63) is 45.6 Å². The number of hydrogen-bond donors (Lipinski definition) is 2. The molecule has 158 valence electrons. The van der Waals surface area contributed by atoms with E-state index >= 15 is 0 Å². The number of morpholine rings is 1. The molecule has 0 aliphatic carbocycles. The first-order valence-corrected chi connectivity index (χ1v) is 9.03. The number of aromatic nitrogens is 2. The van der Waals surface area contributed by atoms with Crippen molar-refractivity contribution in [1.29, 1.82) is 0 Å². The van der Waals surface area contributed by atoms with E-state index in [0.717, 1.165) is 18.3 Å². The highest BCUT2D eigenvalue weighted by Gasteiger charge is 2.16. The molecule has 0 atom stereocenters. The van der Waals surface area contributed by atoms with E-state index in [1.165, 1.54) is 6.07 Å². The Balaban J connectivity index is 1.56. The average molecular weight is 416 g/mol. The molecule has 12 nitrogen and oxygen atoms in total. The van der Waals surface area contributed by atoms with Crippen LogP contribution in [0.3, 0.4) is 0 Å². The van der Waals surface area contributed by atoms with E-state index in [1.54, 1.807) is 13.0 Å². The molecular formula is C18H20N6O6. The second-order valence-corrected chi connectivity index (χ2v) is 6.33. The van der Waals surface area contributed by atoms with Crippen LogP contribution in [0.25, 0.3) is 0 Å². The maximum absolute atomic E-state index is 11.9. The Morgan fingerprint density at radius 1 is 1.40 bits per heavy atom. The lowest BCUT2D eigenvalue weighted by atomic mass is 10.2. The summed E-state index contributed by atoms with van der Waals surface area (Å²) in [5, 5.41) is 24.2. The SMILES string of the molecule is Cc1cc(OCC(=O)N/N=C/c2cc([N+](=O)[O-])ccc2O)nc(N2CCOCC2)n1. The number of carbonyl (C=O) groups is 1. The zero-order valence-electron chi connectivity index (χ0n) is 16.1. The number of anilines is 1. The number of non-ortho nitro benzene ring substituents is 1. The first-order chi connectivity index (χ1) is 14.4. The van der Waals surface area contributed by atoms with E-state index in [1.807, 2.05) is 4.90 Å². The van der Waals surface area contributed by atoms with Gasteiger partial charge in [-0.3, -0.25) is 14.9 Å². The molecule has 30 heavy (non-hydrogen) atoms. The molecule has 0 radical (unpaired) electrons. The van der Waals surface area contributed by atoms with Gasteiger partial charge in [0.05, 0.1) is 24.4 Å². The number of ether oxygens (including phenoxy) is 2. The molecule has 1 aromatic carbocycles. The van der Waals surface area contributed by atoms with Crippen LogP contribution in [-0.4, -0.2) is 65.0 Å². The number of benzene rings is 1. The molecule has 1 amide bonds. The Bertz CT molecular complexity index is 960. The van der Waals surface area contributed by atoms with Crippen molar-refractivity contribution in [1.82, 2.24) is 15.4 Å². The summed E-state index contributed by atoms with van der Waals surface area (Å²) in [6.45, 7) is 3.97. The van der Waals surface area contributed by atoms with Gasteiger partial charge in [-0.05, 0) is 13.0 Å². The van der Waals surface area contributed by atoms with Gasteiger partial charge < -0.3 is 19.5 Å². The van der Waals surface area contributed by atoms with Crippen LogP contribution in [-0.2, 0) is 9.53 Å². The standard InChI is InChI=1S/C18H20N6O6/c1-12-8-17(21-18(20-12)23-4-6-29-7-5-23)30-11-16(26)22-19-10-13-9-14(24(27)28)2-3-15(13)25/h2-3,8-10,25H,4-7,11H2,1H3,(H,22,26)/b19-10+. The van der Waals surface area contributed by atoms with Gasteiger partial charge in [0.2, 0.25) is 11.8 Å². The minimum atomic E-state index is -0.599. The molecule has 0 spiro atoms. The Hall–Kier alpha value is -3.80. The van der Waals surface area contributed by atoms with Crippen LogP contribution in [0.15, 0.2) is 29.4 Å². The van der Waals surface area contributed by atoms with Gasteiger partial charge in [-0.25, -0.2) is 10.4 Å². The van der Waals surface area contributed by atoms with Gasteiger partial charge in [0, 0.05) is 42.5 Å². The van der Waals surface area contributed by atoms with Gasteiger partial charge in [0.1, 0.15) is 5.75 Å². The Labute approximate surface area is 171 Å². The molecule has 2 N–H and O–H groups in total. The van der Waals surface area contributed by atoms with E-state index in [-0.39, 0.29) is 29.5 Å². The third kappa shape index (κ3) is 5.61. The lowest BCUT2D eigenvalue weighted by molar-refractivity contribution is -0.384. The average Bonchev–Trinajstić information content (AvgIpc) is 2.73. The molecule has 1 aliphatic heterocycles. The number of nitrogens with zero attached hydrogens (tertiary/aromatic N) is 5. The molecule has 1 aliphatic rings. The van der Waals surface area contributed by atoms with Gasteiger partial charge in [-0.1, -0.05) is 0 Å². The number of aromatic hydroxyl groups is 1. The van der Waals surface area contributed by atoms with Crippen molar-refractivity contribution in [2.24, 2.45) is 5.10 Å². The van der Waals surface area contributed by atoms with Gasteiger partial charge in [0.25, 0.3) is 11.6 Å². The van der Waals surface area contributed by atoms with Crippen LogP contribution in [0.5, 0.6) is 11.6 Å². The fourth-order valence-corrected chi connectivity index (χ4v) is 2.61. The fraction of sp³-hybridized carbons (Fsp3) is 0.333. The summed E-state index contributed by atoms with van der Waals surface area (Å²) in [4.78, 5) is 32.8. The smallest absolute Gasteiger partial charge is 0.278 e. The lowest BCUT2D eigenvalue weighted by Gasteiger charge is -2.27. The Morgan fingerprint density at radius 2 is 2.17 bits per heavy atom. The molecule has 1 fully saturated rings. The molecule has 1 aromatic heterocycles. The lowest BCUT2D eigenvalue weighted by Crippen LogP contribution is -2.37. The van der Waals surface area contributed by atoms with Crippen LogP contribution in [0.2, 0.25) is 0 Å². The van der Waals surface area contributed by atoms with Crippen LogP contribution in [0, 0.1) is 17.0 Å². The van der Waals surface area contributed by atoms with Gasteiger partial charge in [-0.2, -0.15) is 10.1 Å². The molecule has 3 rings (SSSR count). The second kappa shape index (κ2) is 9.60. The number of amides is 1. The summed E-state index contributed by atoms with van der Waals surface area (Å²) in [6.07, 6.45) is 1.10. The molecule has 2 heterocycles. The molecule has 0 bridgehead atoms. The van der Waals surface area contributed by atoms with Crippen molar-refractivity contribution >= 4 is 23.8 Å². The summed E-state index contributed by atoms with van der Waals surface area (Å²) in [7, 11) is 0. The third-order valence-corrected chi connectivity index (χ3v) is 4.08. The van der Waals surface area contributed by atoms with E-state index in [0.29, 0.717) is 37.9 Å². The van der Waals surface area contributed by atoms with Crippen molar-refractivity contribution in [3.63, 3.8) is 0 Å². The summed E-state index contributed by atoms with van der Waals surface area (Å²) in [6, 6.07) is 5.09. The fourth-order valence-electron chi connectivity index (χ4n) is 2.61. The number of phenolic OH excluding ortho intramolecular Hbond substituents is 1. The van der Waals surface area contributed by atoms with E-state index in [4.69, 9.17) is 9.47 Å². The van der Waals surface area contributed by atoms with Crippen LogP contribution < -0.4 is 15.1 Å². The number of aryl methyl sites for hydroxylation is 1.